The van der Waals surface area contributed by atoms with Crippen LogP contribution in [0, 0.1) is 12.0 Å². The number of benzene rings is 4. The predicted molar refractivity (Wildman–Crippen MR) is 192 cm³/mol. The van der Waals surface area contributed by atoms with E-state index in [0.29, 0.717) is 12.0 Å². The number of carbonyl (C=O) groups excluding carboxylic acids is 1. The highest BCUT2D eigenvalue weighted by Gasteiger charge is 2.24. The van der Waals surface area contributed by atoms with E-state index >= 15 is 0 Å². The molecule has 6 N–H and O–H groups in total. The third kappa shape index (κ3) is 10.6. The number of nitrogens with zero attached hydrogens (tertiary/aromatic N) is 4. The van der Waals surface area contributed by atoms with Gasteiger partial charge in [0.15, 0.2) is 33.7 Å². The molecule has 0 aliphatic carbocycles. The summed E-state index contributed by atoms with van der Waals surface area (Å²) in [6.07, 6.45) is -1.56. The molecule has 1 heterocycles. The summed E-state index contributed by atoms with van der Waals surface area (Å²) in [6, 6.07) is 13.9. The Hall–Kier alpha value is -4.68. The van der Waals surface area contributed by atoms with Gasteiger partial charge < -0.3 is 15.7 Å². The molecule has 296 valence electrons. The van der Waals surface area contributed by atoms with Gasteiger partial charge in [0.1, 0.15) is 15.6 Å². The van der Waals surface area contributed by atoms with E-state index in [9.17, 15) is 40.1 Å². The van der Waals surface area contributed by atoms with Gasteiger partial charge in [-0.2, -0.15) is 32.3 Å². The van der Waals surface area contributed by atoms with Gasteiger partial charge >= 0.3 is 6.08 Å². The van der Waals surface area contributed by atoms with E-state index in [-0.39, 0.29) is 62.1 Å². The Labute approximate surface area is 326 Å². The first-order valence-electron chi connectivity index (χ1n) is 14.6. The fraction of sp³-hybridized carbons (Fsp3) is 0.0690. The number of amides is 1. The Bertz CT molecular complexity index is 2520. The van der Waals surface area contributed by atoms with Crippen molar-refractivity contribution in [3.63, 3.8) is 0 Å². The normalized spacial score (nSPS) is 12.0. The zero-order valence-electron chi connectivity index (χ0n) is 27.2. The fourth-order valence-corrected chi connectivity index (χ4v) is 7.33. The summed E-state index contributed by atoms with van der Waals surface area (Å²) in [4.78, 5) is 18.0. The van der Waals surface area contributed by atoms with Crippen molar-refractivity contribution in [2.45, 2.75) is 14.7 Å². The highest BCUT2D eigenvalue weighted by Crippen LogP contribution is 2.46. The lowest BCUT2D eigenvalue weighted by Crippen LogP contribution is -2.14. The minimum absolute atomic E-state index is 0.0682. The average molecular weight is 879 g/mol. The third-order valence-electron chi connectivity index (χ3n) is 7.01. The molecule has 0 saturated heterocycles. The Kier molecular flexibility index (Phi) is 14.0. The smallest absolute Gasteiger partial charge is 0.313 e. The zero-order valence-corrected chi connectivity index (χ0v) is 31.2. The van der Waals surface area contributed by atoms with E-state index in [1.54, 1.807) is 0 Å². The summed E-state index contributed by atoms with van der Waals surface area (Å²) in [6.45, 7) is -0.314. The fourth-order valence-electron chi connectivity index (χ4n) is 4.59. The quantitative estimate of drug-likeness (QED) is 0.00791. The topological polar surface area (TPSA) is 287 Å². The Morgan fingerprint density at radius 1 is 0.946 bits per heavy atom. The molecule has 0 aliphatic rings. The molecule has 20 nitrogen and oxygen atoms in total. The average Bonchev–Trinajstić information content (AvgIpc) is 3.15. The number of anilines is 3. The van der Waals surface area contributed by atoms with Gasteiger partial charge in [-0.15, -0.1) is 13.8 Å². The SMILES string of the molecule is O=C(Nc1cccc(S(=O)(=O)CCOSOOO)c1)c1ccc(N=Nc2c(SOOO)cc3cc(S(=O)(=O)O)c(Nc4nc(F)nc(F)c4Cl)cc3c2O)cc1. The van der Waals surface area contributed by atoms with E-state index in [2.05, 4.69) is 49.6 Å². The maximum absolute atomic E-state index is 14.0. The van der Waals surface area contributed by atoms with Crippen LogP contribution in [0.15, 0.2) is 91.6 Å². The van der Waals surface area contributed by atoms with Crippen molar-refractivity contribution in [1.29, 1.82) is 0 Å². The Morgan fingerprint density at radius 3 is 2.38 bits per heavy atom. The number of phenolic OH excluding ortho intramolecular Hbond substituents is 1. The number of hydrogen-bond donors (Lipinski definition) is 6. The molecule has 1 aromatic heterocycles. The van der Waals surface area contributed by atoms with Crippen molar-refractivity contribution in [3.8, 4) is 5.75 Å². The van der Waals surface area contributed by atoms with Crippen LogP contribution < -0.4 is 10.6 Å². The first-order valence-corrected chi connectivity index (χ1v) is 19.5. The molecule has 0 bridgehead atoms. The van der Waals surface area contributed by atoms with Crippen molar-refractivity contribution in [1.82, 2.24) is 9.97 Å². The highest BCUT2D eigenvalue weighted by molar-refractivity contribution is 7.94. The summed E-state index contributed by atoms with van der Waals surface area (Å²) < 4.78 is 101. The lowest BCUT2D eigenvalue weighted by molar-refractivity contribution is -0.434. The first-order chi connectivity index (χ1) is 26.6. The number of hydrogen-bond acceptors (Lipinski definition) is 20. The molecule has 4 aromatic carbocycles. The number of rotatable bonds is 17. The molecule has 0 radical (unpaired) electrons. The number of halogens is 3. The minimum Gasteiger partial charge on any atom is -0.505 e. The lowest BCUT2D eigenvalue weighted by Gasteiger charge is -2.15. The molecular formula is C29H21ClF2N6O14S4. The third-order valence-corrected chi connectivity index (χ3v) is 10.9. The molecule has 0 fully saturated rings. The number of aromatic hydroxyl groups is 1. The van der Waals surface area contributed by atoms with Crippen LogP contribution in [0.2, 0.25) is 5.02 Å². The van der Waals surface area contributed by atoms with Gasteiger partial charge in [0, 0.05) is 16.6 Å². The maximum atomic E-state index is 14.0. The summed E-state index contributed by atoms with van der Waals surface area (Å²) in [7, 11) is -8.90. The second kappa shape index (κ2) is 18.5. The monoisotopic (exact) mass is 878 g/mol. The van der Waals surface area contributed by atoms with Crippen molar-refractivity contribution in [2.75, 3.05) is 23.0 Å². The van der Waals surface area contributed by atoms with Crippen LogP contribution in [-0.2, 0) is 42.9 Å². The van der Waals surface area contributed by atoms with Crippen LogP contribution in [0.4, 0.5) is 37.3 Å². The number of fused-ring (bicyclic) bond motifs is 1. The molecule has 56 heavy (non-hydrogen) atoms. The van der Waals surface area contributed by atoms with Crippen LogP contribution >= 0.6 is 36.0 Å². The molecule has 0 saturated carbocycles. The first kappa shape index (κ1) is 42.5. The molecule has 1 amide bonds. The molecule has 0 aliphatic heterocycles. The van der Waals surface area contributed by atoms with E-state index in [0.717, 1.165) is 12.1 Å². The van der Waals surface area contributed by atoms with Crippen molar-refractivity contribution >= 4 is 101 Å². The van der Waals surface area contributed by atoms with Gasteiger partial charge in [-0.1, -0.05) is 27.7 Å². The molecule has 5 aromatic rings. The van der Waals surface area contributed by atoms with Gasteiger partial charge in [0.25, 0.3) is 16.0 Å². The summed E-state index contributed by atoms with van der Waals surface area (Å²) in [5, 5.41) is 46.9. The molecule has 5 rings (SSSR count). The van der Waals surface area contributed by atoms with Gasteiger partial charge in [-0.05, 0) is 66.0 Å². The number of phenols is 1. The van der Waals surface area contributed by atoms with Crippen LogP contribution in [0.1, 0.15) is 10.4 Å². The van der Waals surface area contributed by atoms with Gasteiger partial charge in [0.2, 0.25) is 5.95 Å². The van der Waals surface area contributed by atoms with Crippen LogP contribution in [-0.4, -0.2) is 65.2 Å². The van der Waals surface area contributed by atoms with Crippen LogP contribution in [0.3, 0.4) is 0 Å². The molecule has 0 spiro atoms. The number of nitrogens with one attached hydrogen (secondary N) is 2. The summed E-state index contributed by atoms with van der Waals surface area (Å²) >= 11 is 6.34. The number of aromatic nitrogens is 2. The molecule has 0 unspecified atom stereocenters. The maximum Gasteiger partial charge on any atom is 0.313 e. The Balaban J connectivity index is 1.40. The van der Waals surface area contributed by atoms with Gasteiger partial charge in [-0.3, -0.25) is 13.5 Å². The molecule has 27 heteroatoms. The number of azo groups is 1. The van der Waals surface area contributed by atoms with Crippen molar-refractivity contribution < 1.29 is 73.5 Å². The predicted octanol–water partition coefficient (Wildman–Crippen LogP) is 7.13. The highest BCUT2D eigenvalue weighted by atomic mass is 35.5. The van der Waals surface area contributed by atoms with E-state index in [1.807, 2.05) is 0 Å². The van der Waals surface area contributed by atoms with E-state index in [4.69, 9.17) is 26.3 Å². The standard InChI is InChI=1S/C29H21ClF2N6O14S4/c30-23-26(31)35-29(32)36-27(23)34-20-13-19-15(11-22(20)56(45,46)47)10-21(53-51-49-41)24(25(19)39)38-37-16-6-4-14(5-7-16)28(40)33-17-2-1-3-18(12-17)55(43,44)9-8-48-54-52-50-42/h1-7,10-13,39,41-42H,8-9H2,(H,33,40)(H,34,35,36)(H,45,46,47). The van der Waals surface area contributed by atoms with E-state index in [1.165, 1.54) is 54.6 Å². The Morgan fingerprint density at radius 2 is 1.68 bits per heavy atom. The zero-order chi connectivity index (χ0) is 40.6. The van der Waals surface area contributed by atoms with Gasteiger partial charge in [0.05, 0.1) is 45.6 Å². The van der Waals surface area contributed by atoms with Crippen molar-refractivity contribution in [3.05, 3.63) is 89.3 Å². The largest absolute Gasteiger partial charge is 0.505 e. The second-order valence-electron chi connectivity index (χ2n) is 10.5. The summed E-state index contributed by atoms with van der Waals surface area (Å²) in [5.41, 5.74) is -0.477. The van der Waals surface area contributed by atoms with Crippen molar-refractivity contribution in [2.24, 2.45) is 10.2 Å². The lowest BCUT2D eigenvalue weighted by atomic mass is 10.1. The minimum atomic E-state index is -5.05. The number of carbonyl (C=O) groups is 1. The number of sulfone groups is 1. The van der Waals surface area contributed by atoms with Crippen LogP contribution in [0.5, 0.6) is 5.75 Å². The van der Waals surface area contributed by atoms with Gasteiger partial charge in [-0.25, -0.2) is 18.9 Å². The van der Waals surface area contributed by atoms with E-state index < -0.39 is 70.8 Å². The summed E-state index contributed by atoms with van der Waals surface area (Å²) in [5.74, 6) is -3.97. The molecular weight excluding hydrogens is 858 g/mol. The second-order valence-corrected chi connectivity index (χ2v) is 15.6. The molecule has 0 atom stereocenters. The van der Waals surface area contributed by atoms with Crippen LogP contribution in [0.25, 0.3) is 10.8 Å².